The minimum absolute atomic E-state index is 0.0136. The standard InChI is InChI=1S/C12H13NO7/c1-3-8-12(15)20-11(14)7-4-6(13(16)17)5-9(18-2)10(7)19-8/h4-5,8,11,14H,3H2,1-2H3. The van der Waals surface area contributed by atoms with Crippen molar-refractivity contribution in [2.45, 2.75) is 25.7 Å². The van der Waals surface area contributed by atoms with Crippen LogP contribution in [0.2, 0.25) is 0 Å². The van der Waals surface area contributed by atoms with Gasteiger partial charge in [-0.3, -0.25) is 10.1 Å². The molecule has 2 unspecified atom stereocenters. The zero-order chi connectivity index (χ0) is 14.9. The molecule has 8 heteroatoms. The van der Waals surface area contributed by atoms with Gasteiger partial charge in [0.15, 0.2) is 17.6 Å². The molecule has 1 aliphatic heterocycles. The van der Waals surface area contributed by atoms with E-state index in [1.165, 1.54) is 7.11 Å². The first-order valence-electron chi connectivity index (χ1n) is 5.89. The van der Waals surface area contributed by atoms with Gasteiger partial charge in [0.05, 0.1) is 23.7 Å². The Kier molecular flexibility index (Phi) is 3.75. The highest BCUT2D eigenvalue weighted by Gasteiger charge is 2.34. The Bertz CT molecular complexity index is 557. The van der Waals surface area contributed by atoms with Crippen LogP contribution < -0.4 is 9.47 Å². The summed E-state index contributed by atoms with van der Waals surface area (Å²) in [5.74, 6) is -0.603. The summed E-state index contributed by atoms with van der Waals surface area (Å²) in [6.45, 7) is 1.71. The summed E-state index contributed by atoms with van der Waals surface area (Å²) in [6.07, 6.45) is -2.21. The number of non-ortho nitro benzene ring substituents is 1. The molecule has 0 saturated carbocycles. The summed E-state index contributed by atoms with van der Waals surface area (Å²) in [7, 11) is 1.31. The van der Waals surface area contributed by atoms with Gasteiger partial charge in [0.25, 0.3) is 5.69 Å². The molecule has 1 aromatic rings. The lowest BCUT2D eigenvalue weighted by atomic mass is 10.1. The third-order valence-electron chi connectivity index (χ3n) is 2.89. The molecule has 0 aliphatic carbocycles. The van der Waals surface area contributed by atoms with E-state index in [1.54, 1.807) is 6.92 Å². The fourth-order valence-electron chi connectivity index (χ4n) is 1.87. The lowest BCUT2D eigenvalue weighted by molar-refractivity contribution is -0.385. The number of nitro groups is 1. The second-order valence-electron chi connectivity index (χ2n) is 4.13. The van der Waals surface area contributed by atoms with Crippen molar-refractivity contribution in [3.8, 4) is 11.5 Å². The van der Waals surface area contributed by atoms with Crippen molar-refractivity contribution in [2.24, 2.45) is 0 Å². The number of carbonyl (C=O) groups excluding carboxylic acids is 1. The van der Waals surface area contributed by atoms with Crippen molar-refractivity contribution in [3.63, 3.8) is 0 Å². The quantitative estimate of drug-likeness (QED) is 0.506. The summed E-state index contributed by atoms with van der Waals surface area (Å²) in [4.78, 5) is 21.9. The molecule has 0 bridgehead atoms. The Balaban J connectivity index is 2.59. The Labute approximate surface area is 114 Å². The van der Waals surface area contributed by atoms with Gasteiger partial charge in [0.1, 0.15) is 0 Å². The molecular formula is C12H13NO7. The van der Waals surface area contributed by atoms with Crippen LogP contribution in [-0.4, -0.2) is 29.2 Å². The number of nitro benzene ring substituents is 1. The monoisotopic (exact) mass is 283 g/mol. The van der Waals surface area contributed by atoms with Crippen LogP contribution in [0.4, 0.5) is 5.69 Å². The number of carbonyl (C=O) groups is 1. The molecular weight excluding hydrogens is 270 g/mol. The van der Waals surface area contributed by atoms with Crippen LogP contribution in [0.1, 0.15) is 25.2 Å². The average molecular weight is 283 g/mol. The van der Waals surface area contributed by atoms with Crippen LogP contribution in [0.15, 0.2) is 12.1 Å². The molecule has 1 N–H and O–H groups in total. The lowest BCUT2D eigenvalue weighted by Crippen LogP contribution is -2.27. The van der Waals surface area contributed by atoms with E-state index in [0.29, 0.717) is 6.42 Å². The average Bonchev–Trinajstić information content (AvgIpc) is 2.54. The highest BCUT2D eigenvalue weighted by molar-refractivity contribution is 5.76. The number of benzene rings is 1. The summed E-state index contributed by atoms with van der Waals surface area (Å²) < 4.78 is 15.3. The number of esters is 1. The molecule has 0 fully saturated rings. The van der Waals surface area contributed by atoms with Crippen molar-refractivity contribution >= 4 is 11.7 Å². The fourth-order valence-corrected chi connectivity index (χ4v) is 1.87. The first-order valence-corrected chi connectivity index (χ1v) is 5.89. The normalized spacial score (nSPS) is 21.2. The third kappa shape index (κ3) is 2.37. The number of aliphatic hydroxyl groups is 1. The highest BCUT2D eigenvalue weighted by atomic mass is 16.7. The molecule has 0 amide bonds. The van der Waals surface area contributed by atoms with Gasteiger partial charge >= 0.3 is 5.97 Å². The molecule has 20 heavy (non-hydrogen) atoms. The first-order chi connectivity index (χ1) is 9.47. The summed E-state index contributed by atoms with van der Waals surface area (Å²) in [6, 6.07) is 2.25. The zero-order valence-corrected chi connectivity index (χ0v) is 10.9. The molecule has 2 atom stereocenters. The van der Waals surface area contributed by atoms with Gasteiger partial charge in [-0.15, -0.1) is 0 Å². The molecule has 8 nitrogen and oxygen atoms in total. The van der Waals surface area contributed by atoms with Gasteiger partial charge < -0.3 is 19.3 Å². The Hall–Kier alpha value is -2.35. The number of rotatable bonds is 3. The fraction of sp³-hybridized carbons (Fsp3) is 0.417. The van der Waals surface area contributed by atoms with Crippen LogP contribution in [-0.2, 0) is 9.53 Å². The second kappa shape index (κ2) is 5.33. The SMILES string of the molecule is CCC1Oc2c(OC)cc([N+](=O)[O-])cc2C(O)OC1=O. The minimum atomic E-state index is -1.64. The molecule has 1 aromatic carbocycles. The topological polar surface area (TPSA) is 108 Å². The van der Waals surface area contributed by atoms with Crippen molar-refractivity contribution in [3.05, 3.63) is 27.8 Å². The predicted molar refractivity (Wildman–Crippen MR) is 65.4 cm³/mol. The number of aliphatic hydroxyl groups excluding tert-OH is 1. The van der Waals surface area contributed by atoms with Gasteiger partial charge in [0.2, 0.25) is 6.29 Å². The second-order valence-corrected chi connectivity index (χ2v) is 4.13. The van der Waals surface area contributed by atoms with E-state index in [0.717, 1.165) is 12.1 Å². The number of ether oxygens (including phenoxy) is 3. The number of nitrogens with zero attached hydrogens (tertiary/aromatic N) is 1. The third-order valence-corrected chi connectivity index (χ3v) is 2.89. The van der Waals surface area contributed by atoms with Gasteiger partial charge in [-0.05, 0) is 6.42 Å². The molecule has 0 aromatic heterocycles. The molecule has 0 spiro atoms. The van der Waals surface area contributed by atoms with Crippen LogP contribution in [0, 0.1) is 10.1 Å². The largest absolute Gasteiger partial charge is 0.493 e. The first kappa shape index (κ1) is 14.1. The molecule has 108 valence electrons. The Morgan fingerprint density at radius 3 is 2.70 bits per heavy atom. The zero-order valence-electron chi connectivity index (χ0n) is 10.9. The molecule has 0 radical (unpaired) electrons. The van der Waals surface area contributed by atoms with E-state index in [2.05, 4.69) is 0 Å². The molecule has 1 aliphatic rings. The maximum Gasteiger partial charge on any atom is 0.349 e. The van der Waals surface area contributed by atoms with Gasteiger partial charge in [0, 0.05) is 6.07 Å². The predicted octanol–water partition coefficient (Wildman–Crippen LogP) is 1.31. The maximum atomic E-state index is 11.7. The Morgan fingerprint density at radius 2 is 2.15 bits per heavy atom. The summed E-state index contributed by atoms with van der Waals surface area (Å²) in [5, 5.41) is 20.7. The number of cyclic esters (lactones) is 1. The van der Waals surface area contributed by atoms with Crippen molar-refractivity contribution in [1.29, 1.82) is 0 Å². The molecule has 1 heterocycles. The number of fused-ring (bicyclic) bond motifs is 1. The minimum Gasteiger partial charge on any atom is -0.493 e. The number of hydrogen-bond donors (Lipinski definition) is 1. The van der Waals surface area contributed by atoms with E-state index in [9.17, 15) is 20.0 Å². The van der Waals surface area contributed by atoms with Crippen LogP contribution >= 0.6 is 0 Å². The van der Waals surface area contributed by atoms with Crippen molar-refractivity contribution < 1.29 is 29.0 Å². The van der Waals surface area contributed by atoms with Crippen molar-refractivity contribution in [2.75, 3.05) is 7.11 Å². The number of methoxy groups -OCH3 is 1. The van der Waals surface area contributed by atoms with E-state index in [4.69, 9.17) is 14.2 Å². The highest BCUT2D eigenvalue weighted by Crippen LogP contribution is 2.41. The smallest absolute Gasteiger partial charge is 0.349 e. The number of hydrogen-bond acceptors (Lipinski definition) is 7. The maximum absolute atomic E-state index is 11.7. The van der Waals surface area contributed by atoms with Gasteiger partial charge in [-0.2, -0.15) is 0 Å². The van der Waals surface area contributed by atoms with E-state index in [-0.39, 0.29) is 22.7 Å². The van der Waals surface area contributed by atoms with Gasteiger partial charge in [-0.25, -0.2) is 4.79 Å². The van der Waals surface area contributed by atoms with Crippen LogP contribution in [0.3, 0.4) is 0 Å². The van der Waals surface area contributed by atoms with E-state index >= 15 is 0 Å². The van der Waals surface area contributed by atoms with Crippen molar-refractivity contribution in [1.82, 2.24) is 0 Å². The Morgan fingerprint density at radius 1 is 1.45 bits per heavy atom. The molecule has 2 rings (SSSR count). The molecule has 0 saturated heterocycles. The van der Waals surface area contributed by atoms with E-state index < -0.39 is 23.3 Å². The van der Waals surface area contributed by atoms with Crippen LogP contribution in [0.25, 0.3) is 0 Å². The van der Waals surface area contributed by atoms with Crippen LogP contribution in [0.5, 0.6) is 11.5 Å². The summed E-state index contributed by atoms with van der Waals surface area (Å²) >= 11 is 0. The van der Waals surface area contributed by atoms with E-state index in [1.807, 2.05) is 0 Å². The van der Waals surface area contributed by atoms with Gasteiger partial charge in [-0.1, -0.05) is 6.92 Å². The lowest BCUT2D eigenvalue weighted by Gasteiger charge is -2.15. The summed E-state index contributed by atoms with van der Waals surface area (Å²) in [5.41, 5.74) is -0.311.